The Labute approximate surface area is 200 Å². The molecular weight excluding hydrogens is 430 g/mol. The lowest BCUT2D eigenvalue weighted by molar-refractivity contribution is -0.135. The Kier molecular flexibility index (Phi) is 8.12. The number of methoxy groups -OCH3 is 2. The molecule has 1 amide bonds. The Morgan fingerprint density at radius 3 is 2.68 bits per heavy atom. The molecule has 2 aromatic carbocycles. The number of carbonyl (C=O) groups excluding carboxylic acids is 1. The van der Waals surface area contributed by atoms with Crippen LogP contribution in [0.3, 0.4) is 0 Å². The fourth-order valence-electron chi connectivity index (χ4n) is 4.55. The van der Waals surface area contributed by atoms with E-state index in [1.807, 2.05) is 42.5 Å². The van der Waals surface area contributed by atoms with E-state index in [2.05, 4.69) is 26.4 Å². The van der Waals surface area contributed by atoms with Gasteiger partial charge in [0.1, 0.15) is 0 Å². The van der Waals surface area contributed by atoms with Gasteiger partial charge < -0.3 is 14.4 Å². The number of ether oxygens (including phenoxy) is 2. The summed E-state index contributed by atoms with van der Waals surface area (Å²) in [6.45, 7) is 1.42. The molecule has 1 unspecified atom stereocenters. The molecule has 1 aliphatic rings. The highest BCUT2D eigenvalue weighted by molar-refractivity contribution is 5.76. The highest BCUT2D eigenvalue weighted by Gasteiger charge is 2.26. The Balaban J connectivity index is 1.28. The third-order valence-electron chi connectivity index (χ3n) is 6.40. The van der Waals surface area contributed by atoms with Crippen molar-refractivity contribution in [1.29, 1.82) is 0 Å². The number of tetrazole rings is 1. The summed E-state index contributed by atoms with van der Waals surface area (Å²) in [5.41, 5.74) is 2.14. The maximum atomic E-state index is 13.0. The standard InChI is InChI=1S/C26H33N5O3/c1-33-23-16-14-20(19-24(23)34-2)13-15-22-11-6-7-17-30(22)25(32)12-8-18-31-28-26(27-29-31)21-9-4-3-5-10-21/h3-5,9-10,14,16,19,22H,6-8,11-13,15,17-18H2,1-2H3. The van der Waals surface area contributed by atoms with E-state index in [1.165, 1.54) is 12.0 Å². The molecule has 0 N–H and O–H groups in total. The molecule has 1 saturated heterocycles. The summed E-state index contributed by atoms with van der Waals surface area (Å²) in [5, 5.41) is 12.7. The topological polar surface area (TPSA) is 82.4 Å². The second kappa shape index (κ2) is 11.6. The quantitative estimate of drug-likeness (QED) is 0.449. The van der Waals surface area contributed by atoms with Gasteiger partial charge in [-0.25, -0.2) is 0 Å². The van der Waals surface area contributed by atoms with Crippen LogP contribution in [0.1, 0.15) is 44.1 Å². The van der Waals surface area contributed by atoms with Gasteiger partial charge in [0.25, 0.3) is 0 Å². The third-order valence-corrected chi connectivity index (χ3v) is 6.40. The van der Waals surface area contributed by atoms with Gasteiger partial charge in [0, 0.05) is 24.6 Å². The number of aromatic nitrogens is 4. The number of likely N-dealkylation sites (tertiary alicyclic amines) is 1. The number of amides is 1. The summed E-state index contributed by atoms with van der Waals surface area (Å²) in [4.78, 5) is 16.7. The molecule has 0 radical (unpaired) electrons. The average Bonchev–Trinajstić information content (AvgIpc) is 3.37. The molecule has 1 aliphatic heterocycles. The zero-order chi connectivity index (χ0) is 23.8. The normalized spacial score (nSPS) is 15.8. The van der Waals surface area contributed by atoms with Gasteiger partial charge in [-0.2, -0.15) is 4.80 Å². The SMILES string of the molecule is COc1ccc(CCC2CCCCN2C(=O)CCCn2nnc(-c3ccccc3)n2)cc1OC. The van der Waals surface area contributed by atoms with Crippen LogP contribution in [0.4, 0.5) is 0 Å². The number of hydrogen-bond donors (Lipinski definition) is 0. The average molecular weight is 464 g/mol. The van der Waals surface area contributed by atoms with Gasteiger partial charge >= 0.3 is 0 Å². The molecular formula is C26H33N5O3. The van der Waals surface area contributed by atoms with Crippen LogP contribution in [-0.2, 0) is 17.8 Å². The monoisotopic (exact) mass is 463 g/mol. The first-order chi connectivity index (χ1) is 16.7. The number of hydrogen-bond acceptors (Lipinski definition) is 6. The Morgan fingerprint density at radius 1 is 1.06 bits per heavy atom. The van der Waals surface area contributed by atoms with Crippen molar-refractivity contribution in [3.05, 3.63) is 54.1 Å². The Morgan fingerprint density at radius 2 is 1.88 bits per heavy atom. The summed E-state index contributed by atoms with van der Waals surface area (Å²) in [6.07, 6.45) is 6.35. The number of rotatable bonds is 10. The highest BCUT2D eigenvalue weighted by atomic mass is 16.5. The van der Waals surface area contributed by atoms with Crippen molar-refractivity contribution in [2.75, 3.05) is 20.8 Å². The van der Waals surface area contributed by atoms with Gasteiger partial charge in [0.05, 0.1) is 20.8 Å². The molecule has 1 fully saturated rings. The van der Waals surface area contributed by atoms with Crippen molar-refractivity contribution in [2.24, 2.45) is 0 Å². The third kappa shape index (κ3) is 5.92. The van der Waals surface area contributed by atoms with Crippen molar-refractivity contribution in [3.8, 4) is 22.9 Å². The maximum Gasteiger partial charge on any atom is 0.222 e. The first-order valence-corrected chi connectivity index (χ1v) is 12.0. The van der Waals surface area contributed by atoms with E-state index in [0.717, 1.165) is 49.3 Å². The van der Waals surface area contributed by atoms with Crippen LogP contribution in [0.25, 0.3) is 11.4 Å². The molecule has 0 saturated carbocycles. The minimum Gasteiger partial charge on any atom is -0.493 e. The molecule has 8 heteroatoms. The second-order valence-electron chi connectivity index (χ2n) is 8.64. The molecule has 3 aromatic rings. The number of carbonyl (C=O) groups is 1. The van der Waals surface area contributed by atoms with E-state index in [0.29, 0.717) is 25.2 Å². The molecule has 0 spiro atoms. The molecule has 34 heavy (non-hydrogen) atoms. The summed E-state index contributed by atoms with van der Waals surface area (Å²) >= 11 is 0. The van der Waals surface area contributed by atoms with Gasteiger partial charge in [-0.1, -0.05) is 36.4 Å². The zero-order valence-corrected chi connectivity index (χ0v) is 20.0. The molecule has 2 heterocycles. The summed E-state index contributed by atoms with van der Waals surface area (Å²) < 4.78 is 10.8. The number of aryl methyl sites for hydroxylation is 2. The van der Waals surface area contributed by atoms with Crippen LogP contribution in [0.5, 0.6) is 11.5 Å². The smallest absolute Gasteiger partial charge is 0.222 e. The van der Waals surface area contributed by atoms with Gasteiger partial charge in [0.2, 0.25) is 11.7 Å². The lowest BCUT2D eigenvalue weighted by atomic mass is 9.95. The Hall–Kier alpha value is -3.42. The lowest BCUT2D eigenvalue weighted by Gasteiger charge is -2.36. The van der Waals surface area contributed by atoms with Crippen LogP contribution in [0.2, 0.25) is 0 Å². The van der Waals surface area contributed by atoms with Crippen molar-refractivity contribution in [1.82, 2.24) is 25.1 Å². The number of nitrogens with zero attached hydrogens (tertiary/aromatic N) is 5. The van der Waals surface area contributed by atoms with E-state index in [9.17, 15) is 4.79 Å². The summed E-state index contributed by atoms with van der Waals surface area (Å²) in [7, 11) is 3.30. The predicted molar refractivity (Wildman–Crippen MR) is 130 cm³/mol. The summed E-state index contributed by atoms with van der Waals surface area (Å²) in [6, 6.07) is 16.1. The van der Waals surface area contributed by atoms with E-state index in [1.54, 1.807) is 19.0 Å². The van der Waals surface area contributed by atoms with Crippen molar-refractivity contribution in [3.63, 3.8) is 0 Å². The van der Waals surface area contributed by atoms with Crippen LogP contribution in [0.15, 0.2) is 48.5 Å². The molecule has 8 nitrogen and oxygen atoms in total. The van der Waals surface area contributed by atoms with Crippen LogP contribution in [-0.4, -0.2) is 57.8 Å². The lowest BCUT2D eigenvalue weighted by Crippen LogP contribution is -2.44. The molecule has 0 aliphatic carbocycles. The molecule has 0 bridgehead atoms. The van der Waals surface area contributed by atoms with Gasteiger partial charge in [-0.05, 0) is 61.4 Å². The van der Waals surface area contributed by atoms with Crippen molar-refractivity contribution in [2.45, 2.75) is 57.5 Å². The Bertz CT molecular complexity index is 1070. The van der Waals surface area contributed by atoms with Crippen LogP contribution < -0.4 is 9.47 Å². The van der Waals surface area contributed by atoms with Crippen LogP contribution in [0, 0.1) is 0 Å². The second-order valence-corrected chi connectivity index (χ2v) is 8.64. The highest BCUT2D eigenvalue weighted by Crippen LogP contribution is 2.29. The van der Waals surface area contributed by atoms with E-state index in [4.69, 9.17) is 9.47 Å². The van der Waals surface area contributed by atoms with Crippen molar-refractivity contribution >= 4 is 5.91 Å². The zero-order valence-electron chi connectivity index (χ0n) is 20.0. The molecule has 4 rings (SSSR count). The van der Waals surface area contributed by atoms with E-state index < -0.39 is 0 Å². The van der Waals surface area contributed by atoms with E-state index >= 15 is 0 Å². The minimum atomic E-state index is 0.223. The van der Waals surface area contributed by atoms with Crippen LogP contribution >= 0.6 is 0 Å². The predicted octanol–water partition coefficient (Wildman–Crippen LogP) is 4.15. The summed E-state index contributed by atoms with van der Waals surface area (Å²) in [5.74, 6) is 2.31. The number of benzene rings is 2. The number of piperidine rings is 1. The van der Waals surface area contributed by atoms with Gasteiger partial charge in [-0.3, -0.25) is 4.79 Å². The fourth-order valence-corrected chi connectivity index (χ4v) is 4.55. The van der Waals surface area contributed by atoms with Gasteiger partial charge in [-0.15, -0.1) is 10.2 Å². The fraction of sp³-hybridized carbons (Fsp3) is 0.462. The maximum absolute atomic E-state index is 13.0. The van der Waals surface area contributed by atoms with E-state index in [-0.39, 0.29) is 11.9 Å². The molecule has 1 aromatic heterocycles. The largest absolute Gasteiger partial charge is 0.493 e. The van der Waals surface area contributed by atoms with Crippen molar-refractivity contribution < 1.29 is 14.3 Å². The van der Waals surface area contributed by atoms with Gasteiger partial charge in [0.15, 0.2) is 11.5 Å². The first kappa shape index (κ1) is 23.7. The molecule has 1 atom stereocenters. The minimum absolute atomic E-state index is 0.223. The first-order valence-electron chi connectivity index (χ1n) is 12.0. The molecule has 180 valence electrons.